The quantitative estimate of drug-likeness (QED) is 0.583. The number of Topliss-reactive ketones (excluding diaryl/α,β-unsaturated/α-hetero) is 1. The number of ketones is 1. The third-order valence-electron chi connectivity index (χ3n) is 6.03. The number of aromatic nitrogens is 4. The number of alkyl halides is 1. The first-order valence-corrected chi connectivity index (χ1v) is 10.5. The maximum atomic E-state index is 12.8. The molecule has 0 spiro atoms. The minimum absolute atomic E-state index is 0.115. The molecule has 0 aromatic carbocycles. The van der Waals surface area contributed by atoms with Crippen LogP contribution in [0.1, 0.15) is 44.2 Å². The average molecular weight is 394 g/mol. The molecule has 6 heteroatoms. The second kappa shape index (κ2) is 8.80. The van der Waals surface area contributed by atoms with E-state index in [9.17, 15) is 9.18 Å². The molecule has 1 saturated carbocycles. The molecular weight excluding hydrogens is 367 g/mol. The normalized spacial score (nSPS) is 19.5. The third kappa shape index (κ3) is 4.69. The Morgan fingerprint density at radius 1 is 1.21 bits per heavy atom. The van der Waals surface area contributed by atoms with Gasteiger partial charge >= 0.3 is 0 Å². The van der Waals surface area contributed by atoms with Crippen molar-refractivity contribution in [2.24, 2.45) is 18.9 Å². The van der Waals surface area contributed by atoms with Gasteiger partial charge in [0.1, 0.15) is 5.78 Å². The summed E-state index contributed by atoms with van der Waals surface area (Å²) >= 11 is 0. The number of rotatable bonds is 7. The molecule has 5 nitrogen and oxygen atoms in total. The van der Waals surface area contributed by atoms with Gasteiger partial charge < -0.3 is 0 Å². The van der Waals surface area contributed by atoms with E-state index in [1.807, 2.05) is 31.4 Å². The van der Waals surface area contributed by atoms with Gasteiger partial charge in [0.25, 0.3) is 0 Å². The minimum Gasteiger partial charge on any atom is -0.299 e. The monoisotopic (exact) mass is 394 g/mol. The molecule has 0 aliphatic heterocycles. The molecule has 1 aliphatic rings. The van der Waals surface area contributed by atoms with Crippen LogP contribution in [0.2, 0.25) is 0 Å². The molecule has 4 rings (SSSR count). The molecule has 29 heavy (non-hydrogen) atoms. The van der Waals surface area contributed by atoms with Gasteiger partial charge in [-0.25, -0.2) is 4.98 Å². The second-order valence-corrected chi connectivity index (χ2v) is 8.16. The number of carbonyl (C=O) groups excluding carboxylic acids is 1. The fourth-order valence-corrected chi connectivity index (χ4v) is 4.33. The highest BCUT2D eigenvalue weighted by molar-refractivity contribution is 5.85. The van der Waals surface area contributed by atoms with E-state index in [0.29, 0.717) is 18.8 Å². The van der Waals surface area contributed by atoms with Gasteiger partial charge in [-0.15, -0.1) is 0 Å². The first kappa shape index (κ1) is 19.7. The molecule has 152 valence electrons. The number of pyridine rings is 2. The van der Waals surface area contributed by atoms with Crippen molar-refractivity contribution in [3.63, 3.8) is 0 Å². The van der Waals surface area contributed by atoms with Crippen LogP contribution in [0.4, 0.5) is 4.39 Å². The molecule has 0 unspecified atom stereocenters. The Kier molecular flexibility index (Phi) is 5.97. The van der Waals surface area contributed by atoms with E-state index in [-0.39, 0.29) is 18.4 Å². The molecule has 1 fully saturated rings. The van der Waals surface area contributed by atoms with Crippen molar-refractivity contribution in [2.75, 3.05) is 6.67 Å². The Morgan fingerprint density at radius 3 is 2.76 bits per heavy atom. The second-order valence-electron chi connectivity index (χ2n) is 8.16. The van der Waals surface area contributed by atoms with Gasteiger partial charge in [0.05, 0.1) is 24.1 Å². The van der Waals surface area contributed by atoms with Crippen LogP contribution in [0.3, 0.4) is 0 Å². The Morgan fingerprint density at radius 2 is 2.03 bits per heavy atom. The van der Waals surface area contributed by atoms with Crippen LogP contribution in [0, 0.1) is 11.8 Å². The smallest absolute Gasteiger partial charge is 0.141 e. The Labute approximate surface area is 170 Å². The standard InChI is InChI=1S/C23H27FN4O/c1-28-15-19(14-26-28)21-9-8-18-13-25-20(11-22(18)27-21)12-23(29)17-6-4-16(5-7-17)3-2-10-24/h8-9,11,13-17H,2-7,10,12H2,1H3. The molecule has 3 heterocycles. The van der Waals surface area contributed by atoms with Gasteiger partial charge in [0.15, 0.2) is 0 Å². The van der Waals surface area contributed by atoms with Crippen LogP contribution < -0.4 is 0 Å². The van der Waals surface area contributed by atoms with E-state index >= 15 is 0 Å². The zero-order valence-electron chi connectivity index (χ0n) is 16.9. The molecule has 0 bridgehead atoms. The molecule has 0 saturated heterocycles. The average Bonchev–Trinajstić information content (AvgIpc) is 3.18. The summed E-state index contributed by atoms with van der Waals surface area (Å²) < 4.78 is 14.1. The largest absolute Gasteiger partial charge is 0.299 e. The number of carbonyl (C=O) groups is 1. The van der Waals surface area contributed by atoms with Crippen molar-refractivity contribution in [3.8, 4) is 11.3 Å². The first-order chi connectivity index (χ1) is 14.1. The number of hydrogen-bond acceptors (Lipinski definition) is 4. The predicted molar refractivity (Wildman–Crippen MR) is 111 cm³/mol. The van der Waals surface area contributed by atoms with Crippen molar-refractivity contribution in [1.29, 1.82) is 0 Å². The van der Waals surface area contributed by atoms with E-state index in [4.69, 9.17) is 4.98 Å². The molecule has 3 aromatic heterocycles. The summed E-state index contributed by atoms with van der Waals surface area (Å²) in [5.74, 6) is 0.969. The maximum absolute atomic E-state index is 12.8. The Hall–Kier alpha value is -2.63. The highest BCUT2D eigenvalue weighted by Crippen LogP contribution is 2.32. The zero-order valence-corrected chi connectivity index (χ0v) is 16.9. The predicted octanol–water partition coefficient (Wildman–Crippen LogP) is 4.70. The number of hydrogen-bond donors (Lipinski definition) is 0. The van der Waals surface area contributed by atoms with Gasteiger partial charge in [0, 0.05) is 48.4 Å². The summed E-state index contributed by atoms with van der Waals surface area (Å²) in [6.45, 7) is -0.233. The molecule has 0 N–H and O–H groups in total. The third-order valence-corrected chi connectivity index (χ3v) is 6.03. The number of halogens is 1. The summed E-state index contributed by atoms with van der Waals surface area (Å²) in [7, 11) is 1.88. The van der Waals surface area contributed by atoms with Gasteiger partial charge in [-0.1, -0.05) is 0 Å². The van der Waals surface area contributed by atoms with Crippen LogP contribution >= 0.6 is 0 Å². The number of aryl methyl sites for hydroxylation is 1. The first-order valence-electron chi connectivity index (χ1n) is 10.5. The fourth-order valence-electron chi connectivity index (χ4n) is 4.33. The van der Waals surface area contributed by atoms with Gasteiger partial charge in [0.2, 0.25) is 0 Å². The molecule has 0 amide bonds. The Bertz CT molecular complexity index is 991. The number of nitrogens with zero attached hydrogens (tertiary/aromatic N) is 4. The van der Waals surface area contributed by atoms with E-state index in [1.54, 1.807) is 17.1 Å². The summed E-state index contributed by atoms with van der Waals surface area (Å²) in [6, 6.07) is 5.90. The van der Waals surface area contributed by atoms with Crippen molar-refractivity contribution >= 4 is 16.7 Å². The molecule has 1 aliphatic carbocycles. The summed E-state index contributed by atoms with van der Waals surface area (Å²) in [5.41, 5.74) is 3.45. The van der Waals surface area contributed by atoms with E-state index in [1.165, 1.54) is 0 Å². The van der Waals surface area contributed by atoms with Crippen LogP contribution in [-0.2, 0) is 18.3 Å². The fraction of sp³-hybridized carbons (Fsp3) is 0.478. The van der Waals surface area contributed by atoms with Crippen molar-refractivity contribution < 1.29 is 9.18 Å². The van der Waals surface area contributed by atoms with Gasteiger partial charge in [-0.3, -0.25) is 18.9 Å². The van der Waals surface area contributed by atoms with E-state index in [2.05, 4.69) is 10.1 Å². The van der Waals surface area contributed by atoms with Crippen molar-refractivity contribution in [3.05, 3.63) is 42.5 Å². The summed E-state index contributed by atoms with van der Waals surface area (Å²) in [5, 5.41) is 5.16. The highest BCUT2D eigenvalue weighted by Gasteiger charge is 2.26. The van der Waals surface area contributed by atoms with Gasteiger partial charge in [-0.2, -0.15) is 5.10 Å². The minimum atomic E-state index is -0.233. The van der Waals surface area contributed by atoms with Crippen molar-refractivity contribution in [2.45, 2.75) is 44.9 Å². The van der Waals surface area contributed by atoms with Gasteiger partial charge in [-0.05, 0) is 62.6 Å². The topological polar surface area (TPSA) is 60.7 Å². The Balaban J connectivity index is 1.43. The van der Waals surface area contributed by atoms with Crippen LogP contribution in [0.5, 0.6) is 0 Å². The maximum Gasteiger partial charge on any atom is 0.141 e. The molecular formula is C23H27FN4O. The van der Waals surface area contributed by atoms with E-state index in [0.717, 1.165) is 60.0 Å². The molecule has 3 aromatic rings. The van der Waals surface area contributed by atoms with E-state index < -0.39 is 0 Å². The lowest BCUT2D eigenvalue weighted by atomic mass is 9.77. The lowest BCUT2D eigenvalue weighted by Gasteiger charge is -2.27. The van der Waals surface area contributed by atoms with Crippen LogP contribution in [0.15, 0.2) is 36.8 Å². The SMILES string of the molecule is Cn1cc(-c2ccc3cnc(CC(=O)C4CCC(CCCF)CC4)cc3n2)cn1. The molecule has 0 radical (unpaired) electrons. The molecule has 0 atom stereocenters. The summed E-state index contributed by atoms with van der Waals surface area (Å²) in [6.07, 6.45) is 11.4. The van der Waals surface area contributed by atoms with Crippen LogP contribution in [0.25, 0.3) is 22.2 Å². The summed E-state index contributed by atoms with van der Waals surface area (Å²) in [4.78, 5) is 22.0. The highest BCUT2D eigenvalue weighted by atomic mass is 19.1. The lowest BCUT2D eigenvalue weighted by molar-refractivity contribution is -0.123. The lowest BCUT2D eigenvalue weighted by Crippen LogP contribution is -2.23. The van der Waals surface area contributed by atoms with Crippen molar-refractivity contribution in [1.82, 2.24) is 19.7 Å². The number of fused-ring (bicyclic) bond motifs is 1. The zero-order chi connectivity index (χ0) is 20.2. The van der Waals surface area contributed by atoms with Crippen LogP contribution in [-0.4, -0.2) is 32.2 Å².